The molecule has 0 aromatic heterocycles. The maximum atomic E-state index is 5.84. The Labute approximate surface area is 147 Å². The zero-order valence-corrected chi connectivity index (χ0v) is 15.4. The first-order valence-corrected chi connectivity index (χ1v) is 8.79. The van der Waals surface area contributed by atoms with Crippen LogP contribution in [0.5, 0.6) is 11.5 Å². The Kier molecular flexibility index (Phi) is 7.43. The third-order valence-corrected chi connectivity index (χ3v) is 3.95. The van der Waals surface area contributed by atoms with E-state index >= 15 is 0 Å². The minimum absolute atomic E-state index is 0.523. The van der Waals surface area contributed by atoms with Gasteiger partial charge in [0.25, 0.3) is 0 Å². The van der Waals surface area contributed by atoms with Gasteiger partial charge in [0.15, 0.2) is 0 Å². The maximum absolute atomic E-state index is 5.84. The van der Waals surface area contributed by atoms with Gasteiger partial charge >= 0.3 is 0 Å². The second-order valence-electron chi connectivity index (χ2n) is 5.37. The highest BCUT2D eigenvalue weighted by Crippen LogP contribution is 2.23. The molecule has 0 bridgehead atoms. The SMILES string of the molecule is CCCc1ccc(OCCOc2ccc(Br)cc2CNC)cc1. The van der Waals surface area contributed by atoms with Gasteiger partial charge < -0.3 is 14.8 Å². The van der Waals surface area contributed by atoms with Crippen molar-refractivity contribution in [3.63, 3.8) is 0 Å². The second-order valence-corrected chi connectivity index (χ2v) is 6.29. The molecule has 2 aromatic rings. The molecule has 124 valence electrons. The lowest BCUT2D eigenvalue weighted by Gasteiger charge is -2.12. The van der Waals surface area contributed by atoms with E-state index in [-0.39, 0.29) is 0 Å². The summed E-state index contributed by atoms with van der Waals surface area (Å²) in [5.74, 6) is 1.78. The van der Waals surface area contributed by atoms with E-state index in [0.29, 0.717) is 13.2 Å². The first-order chi connectivity index (χ1) is 11.2. The first kappa shape index (κ1) is 17.8. The van der Waals surface area contributed by atoms with Gasteiger partial charge in [0.1, 0.15) is 24.7 Å². The molecule has 0 unspecified atom stereocenters. The number of nitrogens with one attached hydrogen (secondary N) is 1. The highest BCUT2D eigenvalue weighted by molar-refractivity contribution is 9.10. The van der Waals surface area contributed by atoms with Crippen molar-refractivity contribution >= 4 is 15.9 Å². The van der Waals surface area contributed by atoms with E-state index in [1.54, 1.807) is 0 Å². The van der Waals surface area contributed by atoms with Crippen LogP contribution in [0.1, 0.15) is 24.5 Å². The Morgan fingerprint density at radius 1 is 1.00 bits per heavy atom. The topological polar surface area (TPSA) is 30.5 Å². The summed E-state index contributed by atoms with van der Waals surface area (Å²) >= 11 is 3.49. The van der Waals surface area contributed by atoms with Gasteiger partial charge in [0, 0.05) is 16.6 Å². The van der Waals surface area contributed by atoms with Crippen molar-refractivity contribution in [2.24, 2.45) is 0 Å². The average Bonchev–Trinajstić information content (AvgIpc) is 2.55. The summed E-state index contributed by atoms with van der Waals surface area (Å²) in [6.45, 7) is 4.01. The fourth-order valence-corrected chi connectivity index (χ4v) is 2.78. The first-order valence-electron chi connectivity index (χ1n) is 8.00. The molecule has 3 nitrogen and oxygen atoms in total. The summed E-state index contributed by atoms with van der Waals surface area (Å²) in [7, 11) is 1.93. The predicted octanol–water partition coefficient (Wildman–Crippen LogP) is 4.58. The zero-order chi connectivity index (χ0) is 16.5. The van der Waals surface area contributed by atoms with Gasteiger partial charge in [-0.05, 0) is 49.4 Å². The normalized spacial score (nSPS) is 10.6. The van der Waals surface area contributed by atoms with E-state index in [2.05, 4.69) is 46.4 Å². The summed E-state index contributed by atoms with van der Waals surface area (Å²) in [5.41, 5.74) is 2.48. The van der Waals surface area contributed by atoms with Gasteiger partial charge in [0.05, 0.1) is 0 Å². The fourth-order valence-electron chi connectivity index (χ4n) is 2.37. The molecule has 0 radical (unpaired) electrons. The summed E-state index contributed by atoms with van der Waals surface area (Å²) in [4.78, 5) is 0. The van der Waals surface area contributed by atoms with E-state index in [1.165, 1.54) is 5.56 Å². The van der Waals surface area contributed by atoms with Crippen molar-refractivity contribution in [1.82, 2.24) is 5.32 Å². The molecular weight excluding hydrogens is 354 g/mol. The van der Waals surface area contributed by atoms with Crippen molar-refractivity contribution < 1.29 is 9.47 Å². The lowest BCUT2D eigenvalue weighted by atomic mass is 10.1. The minimum atomic E-state index is 0.523. The smallest absolute Gasteiger partial charge is 0.124 e. The van der Waals surface area contributed by atoms with Crippen LogP contribution < -0.4 is 14.8 Å². The summed E-state index contributed by atoms with van der Waals surface area (Å²) in [6.07, 6.45) is 2.28. The molecule has 0 saturated carbocycles. The number of hydrogen-bond donors (Lipinski definition) is 1. The number of ether oxygens (including phenoxy) is 2. The van der Waals surface area contributed by atoms with Crippen molar-refractivity contribution in [3.8, 4) is 11.5 Å². The standard InChI is InChI=1S/C19H24BrNO2/c1-3-4-15-5-8-18(9-6-15)22-11-12-23-19-10-7-17(20)13-16(19)14-21-2/h5-10,13,21H,3-4,11-12,14H2,1-2H3. The van der Waals surface area contributed by atoms with Crippen molar-refractivity contribution in [3.05, 3.63) is 58.1 Å². The second kappa shape index (κ2) is 9.58. The highest BCUT2D eigenvalue weighted by Gasteiger charge is 2.04. The molecule has 2 aromatic carbocycles. The molecule has 0 aliphatic rings. The van der Waals surface area contributed by atoms with Crippen molar-refractivity contribution in [1.29, 1.82) is 0 Å². The number of halogens is 1. The Morgan fingerprint density at radius 3 is 2.43 bits per heavy atom. The minimum Gasteiger partial charge on any atom is -0.490 e. The molecular formula is C19H24BrNO2. The molecule has 0 amide bonds. The van der Waals surface area contributed by atoms with Crippen LogP contribution in [0.15, 0.2) is 46.9 Å². The monoisotopic (exact) mass is 377 g/mol. The molecule has 0 atom stereocenters. The van der Waals surface area contributed by atoms with Crippen molar-refractivity contribution in [2.75, 3.05) is 20.3 Å². The van der Waals surface area contributed by atoms with Crippen LogP contribution in [-0.4, -0.2) is 20.3 Å². The van der Waals surface area contributed by atoms with Crippen LogP contribution in [0, 0.1) is 0 Å². The van der Waals surface area contributed by atoms with Crippen LogP contribution in [0.2, 0.25) is 0 Å². The van der Waals surface area contributed by atoms with E-state index in [9.17, 15) is 0 Å². The van der Waals surface area contributed by atoms with E-state index in [1.807, 2.05) is 31.3 Å². The predicted molar refractivity (Wildman–Crippen MR) is 98.3 cm³/mol. The molecule has 0 aliphatic carbocycles. The molecule has 0 fully saturated rings. The summed E-state index contributed by atoms with van der Waals surface area (Å²) in [6, 6.07) is 14.3. The number of hydrogen-bond acceptors (Lipinski definition) is 3. The lowest BCUT2D eigenvalue weighted by Crippen LogP contribution is -2.12. The van der Waals surface area contributed by atoms with Gasteiger partial charge in [-0.2, -0.15) is 0 Å². The van der Waals surface area contributed by atoms with E-state index in [0.717, 1.165) is 40.9 Å². The number of aryl methyl sites for hydroxylation is 1. The Hall–Kier alpha value is -1.52. The van der Waals surface area contributed by atoms with Crippen LogP contribution in [0.3, 0.4) is 0 Å². The molecule has 0 heterocycles. The number of rotatable bonds is 9. The molecule has 23 heavy (non-hydrogen) atoms. The zero-order valence-electron chi connectivity index (χ0n) is 13.8. The van der Waals surface area contributed by atoms with E-state index in [4.69, 9.17) is 9.47 Å². The maximum Gasteiger partial charge on any atom is 0.124 e. The Bertz CT molecular complexity index is 599. The van der Waals surface area contributed by atoms with Gasteiger partial charge in [0.2, 0.25) is 0 Å². The van der Waals surface area contributed by atoms with Crippen molar-refractivity contribution in [2.45, 2.75) is 26.3 Å². The molecule has 4 heteroatoms. The van der Waals surface area contributed by atoms with E-state index < -0.39 is 0 Å². The van der Waals surface area contributed by atoms with Gasteiger partial charge in [-0.1, -0.05) is 41.4 Å². The highest BCUT2D eigenvalue weighted by atomic mass is 79.9. The largest absolute Gasteiger partial charge is 0.490 e. The molecule has 2 rings (SSSR count). The van der Waals surface area contributed by atoms with Crippen LogP contribution in [-0.2, 0) is 13.0 Å². The molecule has 1 N–H and O–H groups in total. The van der Waals surface area contributed by atoms with Crippen LogP contribution >= 0.6 is 15.9 Å². The van der Waals surface area contributed by atoms with Gasteiger partial charge in [-0.15, -0.1) is 0 Å². The summed E-state index contributed by atoms with van der Waals surface area (Å²) < 4.78 is 12.6. The van der Waals surface area contributed by atoms with Gasteiger partial charge in [-0.3, -0.25) is 0 Å². The van der Waals surface area contributed by atoms with Crippen LogP contribution in [0.25, 0.3) is 0 Å². The molecule has 0 aliphatic heterocycles. The molecule has 0 spiro atoms. The quantitative estimate of drug-likeness (QED) is 0.648. The third-order valence-electron chi connectivity index (χ3n) is 3.46. The number of benzene rings is 2. The Balaban J connectivity index is 1.81. The van der Waals surface area contributed by atoms with Crippen LogP contribution in [0.4, 0.5) is 0 Å². The van der Waals surface area contributed by atoms with Gasteiger partial charge in [-0.25, -0.2) is 0 Å². The molecule has 0 saturated heterocycles. The lowest BCUT2D eigenvalue weighted by molar-refractivity contribution is 0.215. The fraction of sp³-hybridized carbons (Fsp3) is 0.368. The summed E-state index contributed by atoms with van der Waals surface area (Å²) in [5, 5.41) is 3.15. The Morgan fingerprint density at radius 2 is 1.74 bits per heavy atom. The third kappa shape index (κ3) is 5.88. The average molecular weight is 378 g/mol.